The topological polar surface area (TPSA) is 101 Å². The van der Waals surface area contributed by atoms with Crippen molar-refractivity contribution < 1.29 is 9.72 Å². The first kappa shape index (κ1) is 16.5. The van der Waals surface area contributed by atoms with Gasteiger partial charge in [-0.3, -0.25) is 20.0 Å². The minimum atomic E-state index is -0.481. The number of carbonyl (C=O) groups excluding carboxylic acids is 1. The SMILES string of the molecule is Cc1[nH]nc2c1[C@H](c1ccccc1[N+](=O)[O-])C1=C(CC(C)(C)CC1=O)N2. The molecule has 0 fully saturated rings. The Bertz CT molecular complexity index is 971. The molecule has 0 radical (unpaired) electrons. The van der Waals surface area contributed by atoms with Gasteiger partial charge in [-0.2, -0.15) is 5.10 Å². The van der Waals surface area contributed by atoms with Crippen LogP contribution >= 0.6 is 0 Å². The van der Waals surface area contributed by atoms with Gasteiger partial charge in [0.15, 0.2) is 11.6 Å². The fraction of sp³-hybridized carbons (Fsp3) is 0.368. The molecule has 2 N–H and O–H groups in total. The van der Waals surface area contributed by atoms with Gasteiger partial charge in [-0.25, -0.2) is 0 Å². The van der Waals surface area contributed by atoms with Crippen LogP contribution in [0.3, 0.4) is 0 Å². The molecule has 134 valence electrons. The zero-order chi connectivity index (χ0) is 18.6. The van der Waals surface area contributed by atoms with E-state index < -0.39 is 5.92 Å². The molecule has 0 unspecified atom stereocenters. The molecule has 2 aliphatic rings. The number of Topliss-reactive ketones (excluding diaryl/α,β-unsaturated/α-hetero) is 1. The first-order chi connectivity index (χ1) is 12.3. The number of H-pyrrole nitrogens is 1. The molecule has 0 saturated heterocycles. The van der Waals surface area contributed by atoms with Crippen LogP contribution in [0, 0.1) is 22.5 Å². The lowest BCUT2D eigenvalue weighted by Crippen LogP contribution is -2.34. The van der Waals surface area contributed by atoms with E-state index in [1.807, 2.05) is 6.92 Å². The van der Waals surface area contributed by atoms with Gasteiger partial charge >= 0.3 is 0 Å². The molecule has 7 nitrogen and oxygen atoms in total. The molecule has 1 aromatic carbocycles. The predicted octanol–water partition coefficient (Wildman–Crippen LogP) is 3.83. The Hall–Kier alpha value is -2.96. The van der Waals surface area contributed by atoms with E-state index in [0.29, 0.717) is 29.8 Å². The van der Waals surface area contributed by atoms with E-state index in [2.05, 4.69) is 29.4 Å². The van der Waals surface area contributed by atoms with E-state index in [1.54, 1.807) is 18.2 Å². The number of fused-ring (bicyclic) bond motifs is 1. The molecule has 1 atom stereocenters. The molecule has 26 heavy (non-hydrogen) atoms. The van der Waals surface area contributed by atoms with Crippen LogP contribution in [0.15, 0.2) is 35.5 Å². The van der Waals surface area contributed by atoms with Crippen LogP contribution in [0.5, 0.6) is 0 Å². The first-order valence-electron chi connectivity index (χ1n) is 8.60. The Kier molecular flexibility index (Phi) is 3.50. The van der Waals surface area contributed by atoms with Crippen molar-refractivity contribution in [3.63, 3.8) is 0 Å². The number of rotatable bonds is 2. The number of nitro benzene ring substituents is 1. The van der Waals surface area contributed by atoms with Gasteiger partial charge in [-0.15, -0.1) is 0 Å². The Morgan fingerprint density at radius 2 is 2.00 bits per heavy atom. The normalized spacial score (nSPS) is 21.0. The number of aromatic nitrogens is 2. The molecule has 1 aliphatic carbocycles. The Labute approximate surface area is 150 Å². The second-order valence-electron chi connectivity index (χ2n) is 7.82. The van der Waals surface area contributed by atoms with Gasteiger partial charge in [0.25, 0.3) is 5.69 Å². The van der Waals surface area contributed by atoms with E-state index in [4.69, 9.17) is 0 Å². The summed E-state index contributed by atoms with van der Waals surface area (Å²) >= 11 is 0. The smallest absolute Gasteiger partial charge is 0.273 e. The summed E-state index contributed by atoms with van der Waals surface area (Å²) in [6.07, 6.45) is 1.13. The van der Waals surface area contributed by atoms with Gasteiger partial charge in [-0.05, 0) is 18.8 Å². The van der Waals surface area contributed by atoms with Crippen LogP contribution in [-0.4, -0.2) is 20.9 Å². The first-order valence-corrected chi connectivity index (χ1v) is 8.60. The minimum absolute atomic E-state index is 0.0235. The average molecular weight is 352 g/mol. The summed E-state index contributed by atoms with van der Waals surface area (Å²) in [5.74, 6) is 0.207. The fourth-order valence-corrected chi connectivity index (χ4v) is 4.16. The van der Waals surface area contributed by atoms with Crippen LogP contribution in [0.2, 0.25) is 0 Å². The number of allylic oxidation sites excluding steroid dienone is 2. The number of benzene rings is 1. The molecule has 2 aromatic rings. The van der Waals surface area contributed by atoms with Crippen LogP contribution < -0.4 is 5.32 Å². The van der Waals surface area contributed by atoms with E-state index in [9.17, 15) is 14.9 Å². The summed E-state index contributed by atoms with van der Waals surface area (Å²) in [5, 5.41) is 22.2. The largest absolute Gasteiger partial charge is 0.342 e. The van der Waals surface area contributed by atoms with Crippen LogP contribution in [-0.2, 0) is 4.79 Å². The highest BCUT2D eigenvalue weighted by Gasteiger charge is 2.43. The van der Waals surface area contributed by atoms with Crippen LogP contribution in [0.4, 0.5) is 11.5 Å². The van der Waals surface area contributed by atoms with E-state index in [0.717, 1.165) is 17.0 Å². The standard InChI is InChI=1S/C19H20N4O3/c1-10-15-16(11-6-4-5-7-13(11)23(25)26)17-12(20-18(15)22-21-10)8-19(2,3)9-14(17)24/h4-7,16H,8-9H2,1-3H3,(H2,20,21,22)/t16-/m0/s1. The van der Waals surface area contributed by atoms with Crippen molar-refractivity contribution in [2.24, 2.45) is 5.41 Å². The third-order valence-electron chi connectivity index (χ3n) is 5.21. The maximum absolute atomic E-state index is 13.1. The van der Waals surface area contributed by atoms with Gasteiger partial charge in [0.05, 0.1) is 10.8 Å². The average Bonchev–Trinajstić information content (AvgIpc) is 2.92. The van der Waals surface area contributed by atoms with Crippen molar-refractivity contribution in [2.75, 3.05) is 5.32 Å². The maximum Gasteiger partial charge on any atom is 0.273 e. The van der Waals surface area contributed by atoms with Crippen molar-refractivity contribution in [3.8, 4) is 0 Å². The summed E-state index contributed by atoms with van der Waals surface area (Å²) in [6.45, 7) is 5.99. The van der Waals surface area contributed by atoms with Crippen molar-refractivity contribution in [1.29, 1.82) is 0 Å². The van der Waals surface area contributed by atoms with Crippen molar-refractivity contribution in [3.05, 3.63) is 62.5 Å². The van der Waals surface area contributed by atoms with Crippen molar-refractivity contribution in [1.82, 2.24) is 10.2 Å². The molecule has 7 heteroatoms. The fourth-order valence-electron chi connectivity index (χ4n) is 4.16. The summed E-state index contributed by atoms with van der Waals surface area (Å²) in [6, 6.07) is 6.65. The van der Waals surface area contributed by atoms with Gasteiger partial charge in [-0.1, -0.05) is 32.0 Å². The molecule has 0 amide bonds. The molecule has 0 bridgehead atoms. The lowest BCUT2D eigenvalue weighted by Gasteiger charge is -2.38. The quantitative estimate of drug-likeness (QED) is 0.632. The lowest BCUT2D eigenvalue weighted by atomic mass is 9.69. The van der Waals surface area contributed by atoms with Crippen molar-refractivity contribution in [2.45, 2.75) is 39.5 Å². The zero-order valence-corrected chi connectivity index (χ0v) is 14.9. The zero-order valence-electron chi connectivity index (χ0n) is 14.9. The number of carbonyl (C=O) groups is 1. The van der Waals surface area contributed by atoms with Gasteiger partial charge < -0.3 is 5.32 Å². The number of aromatic amines is 1. The number of ketones is 1. The van der Waals surface area contributed by atoms with Gasteiger partial charge in [0.2, 0.25) is 0 Å². The molecule has 1 aromatic heterocycles. The molecule has 2 heterocycles. The highest BCUT2D eigenvalue weighted by molar-refractivity contribution is 6.01. The number of aryl methyl sites for hydroxylation is 1. The molecule has 0 saturated carbocycles. The number of nitro groups is 1. The third kappa shape index (κ3) is 2.42. The maximum atomic E-state index is 13.1. The van der Waals surface area contributed by atoms with Gasteiger partial charge in [0.1, 0.15) is 0 Å². The number of hydrogen-bond donors (Lipinski definition) is 2. The summed E-state index contributed by atoms with van der Waals surface area (Å²) < 4.78 is 0. The number of para-hydroxylation sites is 1. The van der Waals surface area contributed by atoms with Gasteiger partial charge in [0, 0.05) is 40.6 Å². The Morgan fingerprint density at radius 1 is 1.27 bits per heavy atom. The highest BCUT2D eigenvalue weighted by Crippen LogP contribution is 2.50. The lowest BCUT2D eigenvalue weighted by molar-refractivity contribution is -0.385. The molecule has 0 spiro atoms. The molecule has 1 aliphatic heterocycles. The Balaban J connectivity index is 1.99. The summed E-state index contributed by atoms with van der Waals surface area (Å²) in [4.78, 5) is 24.3. The third-order valence-corrected chi connectivity index (χ3v) is 5.21. The number of hydrogen-bond acceptors (Lipinski definition) is 5. The monoisotopic (exact) mass is 352 g/mol. The number of nitrogens with one attached hydrogen (secondary N) is 2. The molecule has 4 rings (SSSR count). The predicted molar refractivity (Wildman–Crippen MR) is 96.9 cm³/mol. The second kappa shape index (κ2) is 5.52. The van der Waals surface area contributed by atoms with E-state index in [1.165, 1.54) is 6.07 Å². The van der Waals surface area contributed by atoms with E-state index >= 15 is 0 Å². The Morgan fingerprint density at radius 3 is 2.73 bits per heavy atom. The number of nitrogens with zero attached hydrogens (tertiary/aromatic N) is 2. The highest BCUT2D eigenvalue weighted by atomic mass is 16.6. The second-order valence-corrected chi connectivity index (χ2v) is 7.82. The van der Waals surface area contributed by atoms with Crippen LogP contribution in [0.25, 0.3) is 0 Å². The molecular weight excluding hydrogens is 332 g/mol. The number of anilines is 1. The minimum Gasteiger partial charge on any atom is -0.342 e. The summed E-state index contributed by atoms with van der Waals surface area (Å²) in [7, 11) is 0. The van der Waals surface area contributed by atoms with Crippen LogP contribution in [0.1, 0.15) is 49.4 Å². The van der Waals surface area contributed by atoms with E-state index in [-0.39, 0.29) is 21.8 Å². The summed E-state index contributed by atoms with van der Waals surface area (Å²) in [5.41, 5.74) is 3.48. The van der Waals surface area contributed by atoms with Crippen molar-refractivity contribution >= 4 is 17.3 Å². The molecular formula is C19H20N4O3.